The van der Waals surface area contributed by atoms with E-state index in [1.165, 1.54) is 24.3 Å². The molecule has 2 aromatic carbocycles. The zero-order valence-corrected chi connectivity index (χ0v) is 11.3. The summed E-state index contributed by atoms with van der Waals surface area (Å²) in [6, 6.07) is 6.78. The van der Waals surface area contributed by atoms with Crippen molar-refractivity contribution in [2.75, 3.05) is 5.32 Å². The van der Waals surface area contributed by atoms with Crippen molar-refractivity contribution in [3.8, 4) is 5.75 Å². The number of phenols is 1. The van der Waals surface area contributed by atoms with Crippen LogP contribution in [0.4, 0.5) is 24.5 Å². The molecule has 6 nitrogen and oxygen atoms in total. The van der Waals surface area contributed by atoms with Crippen molar-refractivity contribution in [2.24, 2.45) is 0 Å². The SMILES string of the molecule is O=C(Nc1cc([N+](=O)[O-])cc(C(F)(F)F)c1)c1ccc(O)cc1. The smallest absolute Gasteiger partial charge is 0.416 e. The van der Waals surface area contributed by atoms with E-state index in [9.17, 15) is 28.1 Å². The van der Waals surface area contributed by atoms with Crippen LogP contribution >= 0.6 is 0 Å². The summed E-state index contributed by atoms with van der Waals surface area (Å²) in [6.45, 7) is 0. The molecule has 0 aromatic heterocycles. The number of nitrogens with zero attached hydrogens (tertiary/aromatic N) is 1. The van der Waals surface area contributed by atoms with Crippen LogP contribution < -0.4 is 5.32 Å². The topological polar surface area (TPSA) is 92.5 Å². The Morgan fingerprint density at radius 3 is 2.26 bits per heavy atom. The number of alkyl halides is 3. The lowest BCUT2D eigenvalue weighted by atomic mass is 10.1. The average molecular weight is 326 g/mol. The molecular weight excluding hydrogens is 317 g/mol. The predicted octanol–water partition coefficient (Wildman–Crippen LogP) is 3.57. The minimum atomic E-state index is -4.79. The van der Waals surface area contributed by atoms with Gasteiger partial charge in [-0.2, -0.15) is 13.2 Å². The number of nitro benzene ring substituents is 1. The predicted molar refractivity (Wildman–Crippen MR) is 74.2 cm³/mol. The number of hydrogen-bond donors (Lipinski definition) is 2. The molecule has 0 saturated carbocycles. The van der Waals surface area contributed by atoms with E-state index < -0.39 is 28.3 Å². The Kier molecular flexibility index (Phi) is 4.21. The Balaban J connectivity index is 2.35. The third-order valence-corrected chi connectivity index (χ3v) is 2.84. The van der Waals surface area contributed by atoms with Crippen LogP contribution in [0, 0.1) is 10.1 Å². The minimum absolute atomic E-state index is 0.0721. The third-order valence-electron chi connectivity index (χ3n) is 2.84. The Bertz CT molecular complexity index is 758. The van der Waals surface area contributed by atoms with Gasteiger partial charge in [-0.25, -0.2) is 0 Å². The molecule has 0 saturated heterocycles. The average Bonchev–Trinajstić information content (AvgIpc) is 2.46. The molecule has 23 heavy (non-hydrogen) atoms. The van der Waals surface area contributed by atoms with Crippen molar-refractivity contribution in [3.05, 3.63) is 63.7 Å². The molecule has 0 atom stereocenters. The van der Waals surface area contributed by atoms with E-state index in [0.717, 1.165) is 6.07 Å². The van der Waals surface area contributed by atoms with E-state index in [0.29, 0.717) is 12.1 Å². The molecule has 1 amide bonds. The third kappa shape index (κ3) is 3.96. The zero-order valence-electron chi connectivity index (χ0n) is 11.3. The van der Waals surface area contributed by atoms with Crippen LogP contribution in [0.5, 0.6) is 5.75 Å². The summed E-state index contributed by atoms with van der Waals surface area (Å²) in [5, 5.41) is 22.0. The van der Waals surface area contributed by atoms with Gasteiger partial charge in [0.05, 0.1) is 10.5 Å². The molecule has 0 unspecified atom stereocenters. The number of carbonyl (C=O) groups is 1. The first kappa shape index (κ1) is 16.3. The molecule has 0 heterocycles. The fourth-order valence-electron chi connectivity index (χ4n) is 1.77. The number of rotatable bonds is 3. The summed E-state index contributed by atoms with van der Waals surface area (Å²) in [5.74, 6) is -0.852. The second kappa shape index (κ2) is 5.95. The molecule has 0 aliphatic rings. The van der Waals surface area contributed by atoms with Gasteiger partial charge in [-0.05, 0) is 30.3 Å². The Hall–Kier alpha value is -3.10. The van der Waals surface area contributed by atoms with Gasteiger partial charge in [0, 0.05) is 23.4 Å². The molecule has 0 bridgehead atoms. The van der Waals surface area contributed by atoms with Crippen LogP contribution in [0.3, 0.4) is 0 Å². The van der Waals surface area contributed by atoms with Crippen molar-refractivity contribution >= 4 is 17.3 Å². The van der Waals surface area contributed by atoms with Crippen molar-refractivity contribution < 1.29 is 28.0 Å². The van der Waals surface area contributed by atoms with Gasteiger partial charge in [0.25, 0.3) is 11.6 Å². The van der Waals surface area contributed by atoms with Crippen molar-refractivity contribution in [1.82, 2.24) is 0 Å². The van der Waals surface area contributed by atoms with Crippen molar-refractivity contribution in [3.63, 3.8) is 0 Å². The number of phenolic OH excluding ortho intramolecular Hbond substituents is 1. The van der Waals surface area contributed by atoms with Gasteiger partial charge in [0.1, 0.15) is 5.75 Å². The molecule has 2 rings (SSSR count). The molecule has 0 spiro atoms. The lowest BCUT2D eigenvalue weighted by molar-refractivity contribution is -0.385. The Morgan fingerprint density at radius 1 is 1.13 bits per heavy atom. The highest BCUT2D eigenvalue weighted by molar-refractivity contribution is 6.04. The van der Waals surface area contributed by atoms with Gasteiger partial charge >= 0.3 is 6.18 Å². The fraction of sp³-hybridized carbons (Fsp3) is 0.0714. The maximum Gasteiger partial charge on any atom is 0.416 e. The molecule has 0 radical (unpaired) electrons. The number of amides is 1. The fourth-order valence-corrected chi connectivity index (χ4v) is 1.77. The molecule has 0 fully saturated rings. The van der Waals surface area contributed by atoms with Crippen LogP contribution in [0.1, 0.15) is 15.9 Å². The first-order chi connectivity index (χ1) is 10.7. The highest BCUT2D eigenvalue weighted by Gasteiger charge is 2.33. The van der Waals surface area contributed by atoms with Gasteiger partial charge in [-0.15, -0.1) is 0 Å². The van der Waals surface area contributed by atoms with Gasteiger partial charge < -0.3 is 10.4 Å². The maximum atomic E-state index is 12.8. The van der Waals surface area contributed by atoms with Gasteiger partial charge in [-0.3, -0.25) is 14.9 Å². The second-order valence-electron chi connectivity index (χ2n) is 4.52. The number of carbonyl (C=O) groups excluding carboxylic acids is 1. The summed E-state index contributed by atoms with van der Waals surface area (Å²) in [6.07, 6.45) is -4.79. The molecule has 2 N–H and O–H groups in total. The Labute approximate surface area is 127 Å². The van der Waals surface area contributed by atoms with Crippen molar-refractivity contribution in [1.29, 1.82) is 0 Å². The normalized spacial score (nSPS) is 11.1. The standard InChI is InChI=1S/C14H9F3N2O4/c15-14(16,17)9-5-10(7-11(6-9)19(22)23)18-13(21)8-1-3-12(20)4-2-8/h1-7,20H,(H,18,21). The largest absolute Gasteiger partial charge is 0.508 e. The molecule has 9 heteroatoms. The van der Waals surface area contributed by atoms with Crippen LogP contribution in [0.15, 0.2) is 42.5 Å². The highest BCUT2D eigenvalue weighted by Crippen LogP contribution is 2.34. The van der Waals surface area contributed by atoms with Gasteiger partial charge in [0.2, 0.25) is 0 Å². The number of halogens is 3. The van der Waals surface area contributed by atoms with Crippen LogP contribution in [-0.2, 0) is 6.18 Å². The van der Waals surface area contributed by atoms with E-state index >= 15 is 0 Å². The van der Waals surface area contributed by atoms with Crippen LogP contribution in [-0.4, -0.2) is 15.9 Å². The Morgan fingerprint density at radius 2 is 1.74 bits per heavy atom. The lowest BCUT2D eigenvalue weighted by Gasteiger charge is -2.10. The zero-order chi connectivity index (χ0) is 17.2. The molecular formula is C14H9F3N2O4. The maximum absolute atomic E-state index is 12.8. The van der Waals surface area contributed by atoms with Crippen LogP contribution in [0.25, 0.3) is 0 Å². The molecule has 0 aliphatic heterocycles. The van der Waals surface area contributed by atoms with Gasteiger partial charge in [0.15, 0.2) is 0 Å². The van der Waals surface area contributed by atoms with E-state index in [2.05, 4.69) is 5.32 Å². The molecule has 120 valence electrons. The molecule has 2 aromatic rings. The second-order valence-corrected chi connectivity index (χ2v) is 4.52. The number of aromatic hydroxyl groups is 1. The number of anilines is 1. The minimum Gasteiger partial charge on any atom is -0.508 e. The lowest BCUT2D eigenvalue weighted by Crippen LogP contribution is -2.13. The summed E-state index contributed by atoms with van der Waals surface area (Å²) < 4.78 is 38.3. The quantitative estimate of drug-likeness (QED) is 0.666. The monoisotopic (exact) mass is 326 g/mol. The number of non-ortho nitro benzene ring substituents is 1. The van der Waals surface area contributed by atoms with Gasteiger partial charge in [-0.1, -0.05) is 0 Å². The van der Waals surface area contributed by atoms with Crippen LogP contribution in [0.2, 0.25) is 0 Å². The number of benzene rings is 2. The van der Waals surface area contributed by atoms with Crippen molar-refractivity contribution in [2.45, 2.75) is 6.18 Å². The van der Waals surface area contributed by atoms with E-state index in [1.54, 1.807) is 0 Å². The first-order valence-corrected chi connectivity index (χ1v) is 6.14. The van der Waals surface area contributed by atoms with E-state index in [-0.39, 0.29) is 17.0 Å². The molecule has 0 aliphatic carbocycles. The van der Waals surface area contributed by atoms with E-state index in [4.69, 9.17) is 5.11 Å². The summed E-state index contributed by atoms with van der Waals surface area (Å²) in [5.41, 5.74) is -2.32. The number of nitrogens with one attached hydrogen (secondary N) is 1. The number of nitro groups is 1. The highest BCUT2D eigenvalue weighted by atomic mass is 19.4. The first-order valence-electron chi connectivity index (χ1n) is 6.14. The van der Waals surface area contributed by atoms with E-state index in [1.807, 2.05) is 0 Å². The summed E-state index contributed by atoms with van der Waals surface area (Å²) >= 11 is 0. The summed E-state index contributed by atoms with van der Waals surface area (Å²) in [4.78, 5) is 21.7. The number of hydrogen-bond acceptors (Lipinski definition) is 4. The summed E-state index contributed by atoms with van der Waals surface area (Å²) in [7, 11) is 0.